The molecule has 1 heterocycles. The van der Waals surface area contributed by atoms with Gasteiger partial charge in [0.2, 0.25) is 0 Å². The first-order valence-electron chi connectivity index (χ1n) is 5.94. The van der Waals surface area contributed by atoms with Crippen molar-refractivity contribution in [3.05, 3.63) is 12.7 Å². The number of hydrogen-bond donors (Lipinski definition) is 1. The van der Waals surface area contributed by atoms with Gasteiger partial charge in [-0.25, -0.2) is 0 Å². The highest BCUT2D eigenvalue weighted by atomic mass is 15.2. The van der Waals surface area contributed by atoms with Crippen LogP contribution in [0.3, 0.4) is 0 Å². The molecule has 1 aliphatic rings. The Balaban J connectivity index is 2.16. The van der Waals surface area contributed by atoms with Crippen LogP contribution in [0.4, 0.5) is 0 Å². The predicted molar refractivity (Wildman–Crippen MR) is 62.6 cm³/mol. The molecule has 0 aromatic carbocycles. The molecule has 0 aliphatic carbocycles. The zero-order chi connectivity index (χ0) is 10.2. The van der Waals surface area contributed by atoms with Gasteiger partial charge in [-0.2, -0.15) is 0 Å². The summed E-state index contributed by atoms with van der Waals surface area (Å²) in [6, 6.07) is 0.842. The fourth-order valence-corrected chi connectivity index (χ4v) is 2.24. The minimum Gasteiger partial charge on any atom is -0.312 e. The Morgan fingerprint density at radius 1 is 1.50 bits per heavy atom. The average Bonchev–Trinajstić information content (AvgIpc) is 2.25. The van der Waals surface area contributed by atoms with Gasteiger partial charge in [-0.15, -0.1) is 6.58 Å². The normalized spacial score (nSPS) is 23.6. The van der Waals surface area contributed by atoms with Crippen LogP contribution < -0.4 is 5.32 Å². The summed E-state index contributed by atoms with van der Waals surface area (Å²) in [7, 11) is 0. The third kappa shape index (κ3) is 3.81. The van der Waals surface area contributed by atoms with Crippen molar-refractivity contribution in [1.29, 1.82) is 0 Å². The molecular weight excluding hydrogens is 172 g/mol. The summed E-state index contributed by atoms with van der Waals surface area (Å²) in [4.78, 5) is 2.64. The molecule has 14 heavy (non-hydrogen) atoms. The van der Waals surface area contributed by atoms with Gasteiger partial charge in [0.25, 0.3) is 0 Å². The molecule has 1 N–H and O–H groups in total. The van der Waals surface area contributed by atoms with Crippen molar-refractivity contribution in [1.82, 2.24) is 10.2 Å². The largest absolute Gasteiger partial charge is 0.312 e. The van der Waals surface area contributed by atoms with E-state index in [1.54, 1.807) is 0 Å². The van der Waals surface area contributed by atoms with Gasteiger partial charge in [0.1, 0.15) is 0 Å². The molecule has 0 spiro atoms. The van der Waals surface area contributed by atoms with E-state index in [2.05, 4.69) is 23.7 Å². The van der Waals surface area contributed by atoms with Crippen LogP contribution in [0, 0.1) is 0 Å². The van der Waals surface area contributed by atoms with E-state index in [1.165, 1.54) is 38.8 Å². The van der Waals surface area contributed by atoms with Crippen LogP contribution in [0.25, 0.3) is 0 Å². The van der Waals surface area contributed by atoms with Crippen molar-refractivity contribution in [2.24, 2.45) is 0 Å². The zero-order valence-electron chi connectivity index (χ0n) is 9.47. The SMILES string of the molecule is C=CCNCCN1CCCCC1CC. The zero-order valence-corrected chi connectivity index (χ0v) is 9.47. The molecule has 82 valence electrons. The lowest BCUT2D eigenvalue weighted by atomic mass is 10.0. The summed E-state index contributed by atoms with van der Waals surface area (Å²) in [5.74, 6) is 0. The minimum atomic E-state index is 0.842. The standard InChI is InChI=1S/C12H24N2/c1-3-8-13-9-11-14-10-6-5-7-12(14)4-2/h3,12-13H,1,4-11H2,2H3. The Hall–Kier alpha value is -0.340. The van der Waals surface area contributed by atoms with Crippen LogP contribution in [-0.2, 0) is 0 Å². The minimum absolute atomic E-state index is 0.842. The second kappa shape index (κ2) is 7.02. The van der Waals surface area contributed by atoms with E-state index in [4.69, 9.17) is 0 Å². The molecule has 0 amide bonds. The molecule has 2 nitrogen and oxygen atoms in total. The summed E-state index contributed by atoms with van der Waals surface area (Å²) >= 11 is 0. The quantitative estimate of drug-likeness (QED) is 0.516. The van der Waals surface area contributed by atoms with E-state index in [9.17, 15) is 0 Å². The first kappa shape index (κ1) is 11.7. The van der Waals surface area contributed by atoms with Crippen LogP contribution in [0.2, 0.25) is 0 Å². The van der Waals surface area contributed by atoms with Crippen LogP contribution in [0.5, 0.6) is 0 Å². The van der Waals surface area contributed by atoms with Crippen molar-refractivity contribution in [2.75, 3.05) is 26.2 Å². The molecule has 1 fully saturated rings. The topological polar surface area (TPSA) is 15.3 Å². The molecule has 1 saturated heterocycles. The number of nitrogens with one attached hydrogen (secondary N) is 1. The van der Waals surface area contributed by atoms with Gasteiger partial charge < -0.3 is 5.32 Å². The monoisotopic (exact) mass is 196 g/mol. The average molecular weight is 196 g/mol. The van der Waals surface area contributed by atoms with Gasteiger partial charge in [-0.05, 0) is 25.8 Å². The summed E-state index contributed by atoms with van der Waals surface area (Å²) < 4.78 is 0. The second-order valence-electron chi connectivity index (χ2n) is 4.09. The number of likely N-dealkylation sites (tertiary alicyclic amines) is 1. The van der Waals surface area contributed by atoms with E-state index >= 15 is 0 Å². The smallest absolute Gasteiger partial charge is 0.0132 e. The Morgan fingerprint density at radius 2 is 2.36 bits per heavy atom. The third-order valence-electron chi connectivity index (χ3n) is 3.08. The van der Waals surface area contributed by atoms with E-state index in [1.807, 2.05) is 6.08 Å². The summed E-state index contributed by atoms with van der Waals surface area (Å²) in [5.41, 5.74) is 0. The predicted octanol–water partition coefficient (Wildman–Crippen LogP) is 2.03. The van der Waals surface area contributed by atoms with E-state index in [-0.39, 0.29) is 0 Å². The third-order valence-corrected chi connectivity index (χ3v) is 3.08. The maximum atomic E-state index is 3.70. The highest BCUT2D eigenvalue weighted by Gasteiger charge is 2.19. The molecule has 0 radical (unpaired) electrons. The maximum Gasteiger partial charge on any atom is 0.0132 e. The molecule has 0 aromatic rings. The van der Waals surface area contributed by atoms with Crippen molar-refractivity contribution < 1.29 is 0 Å². The summed E-state index contributed by atoms with van der Waals surface area (Å²) in [5, 5.41) is 3.37. The number of piperidine rings is 1. The molecule has 1 rings (SSSR count). The Kier molecular flexibility index (Phi) is 5.88. The number of nitrogens with zero attached hydrogens (tertiary/aromatic N) is 1. The van der Waals surface area contributed by atoms with Crippen LogP contribution in [0.15, 0.2) is 12.7 Å². The first-order chi connectivity index (χ1) is 6.88. The van der Waals surface area contributed by atoms with E-state index in [0.717, 1.165) is 19.1 Å². The van der Waals surface area contributed by atoms with Gasteiger partial charge in [0.15, 0.2) is 0 Å². The molecule has 1 atom stereocenters. The fourth-order valence-electron chi connectivity index (χ4n) is 2.24. The molecule has 2 heteroatoms. The van der Waals surface area contributed by atoms with Crippen LogP contribution in [-0.4, -0.2) is 37.1 Å². The number of hydrogen-bond acceptors (Lipinski definition) is 2. The van der Waals surface area contributed by atoms with Crippen molar-refractivity contribution in [3.8, 4) is 0 Å². The van der Waals surface area contributed by atoms with Crippen molar-refractivity contribution in [3.63, 3.8) is 0 Å². The highest BCUT2D eigenvalue weighted by Crippen LogP contribution is 2.18. The maximum absolute atomic E-state index is 3.70. The van der Waals surface area contributed by atoms with Crippen LogP contribution in [0.1, 0.15) is 32.6 Å². The Morgan fingerprint density at radius 3 is 3.07 bits per heavy atom. The van der Waals surface area contributed by atoms with E-state index in [0.29, 0.717) is 0 Å². The van der Waals surface area contributed by atoms with Gasteiger partial charge in [0, 0.05) is 25.7 Å². The summed E-state index contributed by atoms with van der Waals surface area (Å²) in [6.07, 6.45) is 7.44. The number of rotatable bonds is 6. The molecule has 0 aromatic heterocycles. The molecule has 0 saturated carbocycles. The van der Waals surface area contributed by atoms with Crippen LogP contribution >= 0.6 is 0 Å². The lowest BCUT2D eigenvalue weighted by Crippen LogP contribution is -2.42. The Bertz CT molecular complexity index is 156. The van der Waals surface area contributed by atoms with Crippen molar-refractivity contribution >= 4 is 0 Å². The molecule has 1 unspecified atom stereocenters. The first-order valence-corrected chi connectivity index (χ1v) is 5.94. The lowest BCUT2D eigenvalue weighted by Gasteiger charge is -2.35. The van der Waals surface area contributed by atoms with Crippen molar-refractivity contribution in [2.45, 2.75) is 38.6 Å². The van der Waals surface area contributed by atoms with Gasteiger partial charge in [-0.3, -0.25) is 4.90 Å². The Labute approximate surface area is 88.4 Å². The highest BCUT2D eigenvalue weighted by molar-refractivity contribution is 4.77. The summed E-state index contributed by atoms with van der Waals surface area (Å²) in [6.45, 7) is 10.5. The van der Waals surface area contributed by atoms with Gasteiger partial charge in [-0.1, -0.05) is 19.4 Å². The van der Waals surface area contributed by atoms with Gasteiger partial charge in [0.05, 0.1) is 0 Å². The lowest BCUT2D eigenvalue weighted by molar-refractivity contribution is 0.145. The van der Waals surface area contributed by atoms with E-state index < -0.39 is 0 Å². The fraction of sp³-hybridized carbons (Fsp3) is 0.833. The molecular formula is C12H24N2. The second-order valence-corrected chi connectivity index (χ2v) is 4.09. The molecule has 1 aliphatic heterocycles. The van der Waals surface area contributed by atoms with Gasteiger partial charge >= 0.3 is 0 Å². The molecule has 0 bridgehead atoms.